The van der Waals surface area contributed by atoms with E-state index >= 15 is 0 Å². The van der Waals surface area contributed by atoms with Crippen molar-refractivity contribution in [3.63, 3.8) is 0 Å². The number of nitrogens with one attached hydrogen (secondary N) is 1. The SMILES string of the molecule is NCCC1(c2c[nH]c3ccccc23)CS(=O)(=O)C1. The van der Waals surface area contributed by atoms with Crippen LogP contribution in [0.1, 0.15) is 12.0 Å². The van der Waals surface area contributed by atoms with Crippen molar-refractivity contribution in [1.29, 1.82) is 0 Å². The Balaban J connectivity index is 2.12. The van der Waals surface area contributed by atoms with E-state index in [9.17, 15) is 8.42 Å². The van der Waals surface area contributed by atoms with Gasteiger partial charge >= 0.3 is 0 Å². The molecule has 18 heavy (non-hydrogen) atoms. The zero-order valence-corrected chi connectivity index (χ0v) is 10.8. The van der Waals surface area contributed by atoms with Crippen molar-refractivity contribution in [3.05, 3.63) is 36.0 Å². The van der Waals surface area contributed by atoms with E-state index in [2.05, 4.69) is 4.98 Å². The molecule has 1 saturated heterocycles. The highest BCUT2D eigenvalue weighted by Gasteiger charge is 2.49. The molecule has 0 bridgehead atoms. The zero-order valence-electron chi connectivity index (χ0n) is 10.0. The van der Waals surface area contributed by atoms with E-state index in [1.807, 2.05) is 30.5 Å². The third kappa shape index (κ3) is 1.66. The van der Waals surface area contributed by atoms with Crippen molar-refractivity contribution in [3.8, 4) is 0 Å². The van der Waals surface area contributed by atoms with Crippen LogP contribution in [-0.2, 0) is 15.3 Å². The fourth-order valence-electron chi connectivity index (χ4n) is 3.02. The van der Waals surface area contributed by atoms with E-state index in [0.29, 0.717) is 13.0 Å². The second kappa shape index (κ2) is 3.83. The van der Waals surface area contributed by atoms with Crippen molar-refractivity contribution in [2.45, 2.75) is 11.8 Å². The molecule has 1 aliphatic heterocycles. The van der Waals surface area contributed by atoms with Gasteiger partial charge in [-0.2, -0.15) is 0 Å². The Morgan fingerprint density at radius 1 is 1.28 bits per heavy atom. The molecule has 0 amide bonds. The lowest BCUT2D eigenvalue weighted by Gasteiger charge is -2.41. The van der Waals surface area contributed by atoms with Crippen molar-refractivity contribution in [2.24, 2.45) is 5.73 Å². The fraction of sp³-hybridized carbons (Fsp3) is 0.385. The molecule has 3 N–H and O–H groups in total. The number of rotatable bonds is 3. The third-order valence-electron chi connectivity index (χ3n) is 3.78. The smallest absolute Gasteiger partial charge is 0.152 e. The Morgan fingerprint density at radius 3 is 2.67 bits per heavy atom. The van der Waals surface area contributed by atoms with E-state index < -0.39 is 9.84 Å². The standard InChI is InChI=1S/C13H16N2O2S/c14-6-5-13(8-18(16,17)9-13)11-7-15-12-4-2-1-3-10(11)12/h1-4,7,15H,5-6,8-9,14H2. The number of para-hydroxylation sites is 1. The Morgan fingerprint density at radius 2 is 2.00 bits per heavy atom. The molecule has 2 aromatic rings. The quantitative estimate of drug-likeness (QED) is 0.874. The lowest BCUT2D eigenvalue weighted by molar-refractivity contribution is 0.436. The highest BCUT2D eigenvalue weighted by atomic mass is 32.2. The van der Waals surface area contributed by atoms with Crippen LogP contribution in [0.5, 0.6) is 0 Å². The molecule has 0 radical (unpaired) electrons. The molecule has 1 aromatic heterocycles. The predicted octanol–water partition coefficient (Wildman–Crippen LogP) is 1.18. The maximum atomic E-state index is 11.6. The highest BCUT2D eigenvalue weighted by Crippen LogP contribution is 2.42. The Hall–Kier alpha value is -1.33. The second-order valence-electron chi connectivity index (χ2n) is 5.10. The van der Waals surface area contributed by atoms with E-state index in [-0.39, 0.29) is 16.9 Å². The van der Waals surface area contributed by atoms with Crippen LogP contribution in [0.3, 0.4) is 0 Å². The van der Waals surface area contributed by atoms with E-state index in [1.165, 1.54) is 0 Å². The fourth-order valence-corrected chi connectivity index (χ4v) is 5.22. The van der Waals surface area contributed by atoms with Gasteiger partial charge in [-0.25, -0.2) is 8.42 Å². The summed E-state index contributed by atoms with van der Waals surface area (Å²) in [5, 5.41) is 1.11. The topological polar surface area (TPSA) is 76.0 Å². The maximum Gasteiger partial charge on any atom is 0.152 e. The molecule has 0 atom stereocenters. The van der Waals surface area contributed by atoms with Crippen LogP contribution in [0.25, 0.3) is 10.9 Å². The molecule has 0 unspecified atom stereocenters. The van der Waals surface area contributed by atoms with Crippen LogP contribution < -0.4 is 5.73 Å². The number of aromatic nitrogens is 1. The number of H-pyrrole nitrogens is 1. The molecule has 1 aromatic carbocycles. The number of benzene rings is 1. The van der Waals surface area contributed by atoms with Crippen LogP contribution in [0, 0.1) is 0 Å². The largest absolute Gasteiger partial charge is 0.361 e. The van der Waals surface area contributed by atoms with Crippen LogP contribution in [-0.4, -0.2) is 31.5 Å². The summed E-state index contributed by atoms with van der Waals surface area (Å²) >= 11 is 0. The van der Waals surface area contributed by atoms with E-state index in [1.54, 1.807) is 0 Å². The molecule has 5 heteroatoms. The second-order valence-corrected chi connectivity index (χ2v) is 7.16. The average Bonchev–Trinajstić information content (AvgIpc) is 2.70. The van der Waals surface area contributed by atoms with Crippen molar-refractivity contribution in [1.82, 2.24) is 4.98 Å². The van der Waals surface area contributed by atoms with Gasteiger partial charge in [0.25, 0.3) is 0 Å². The first-order valence-electron chi connectivity index (χ1n) is 6.03. The Labute approximate surface area is 106 Å². The lowest BCUT2D eigenvalue weighted by Crippen LogP contribution is -2.53. The number of nitrogens with two attached hydrogens (primary N) is 1. The summed E-state index contributed by atoms with van der Waals surface area (Å²) in [7, 11) is -2.88. The van der Waals surface area contributed by atoms with Crippen LogP contribution in [0.2, 0.25) is 0 Å². The van der Waals surface area contributed by atoms with Gasteiger partial charge in [0.15, 0.2) is 9.84 Å². The zero-order chi connectivity index (χ0) is 12.8. The van der Waals surface area contributed by atoms with Gasteiger partial charge in [0.05, 0.1) is 11.5 Å². The summed E-state index contributed by atoms with van der Waals surface area (Å²) in [6, 6.07) is 7.98. The molecule has 0 aliphatic carbocycles. The first-order valence-corrected chi connectivity index (χ1v) is 7.86. The molecular formula is C13H16N2O2S. The number of hydrogen-bond donors (Lipinski definition) is 2. The molecule has 0 saturated carbocycles. The summed E-state index contributed by atoms with van der Waals surface area (Å²) in [6.45, 7) is 0.509. The Kier molecular flexibility index (Phi) is 2.50. The van der Waals surface area contributed by atoms with Gasteiger partial charge < -0.3 is 10.7 Å². The third-order valence-corrected chi connectivity index (χ3v) is 5.76. The highest BCUT2D eigenvalue weighted by molar-refractivity contribution is 7.93. The van der Waals surface area contributed by atoms with Gasteiger partial charge in [-0.3, -0.25) is 0 Å². The van der Waals surface area contributed by atoms with Gasteiger partial charge in [-0.1, -0.05) is 18.2 Å². The minimum Gasteiger partial charge on any atom is -0.361 e. The summed E-state index contributed by atoms with van der Waals surface area (Å²) in [4.78, 5) is 3.21. The summed E-state index contributed by atoms with van der Waals surface area (Å²) in [5.74, 6) is 0.443. The van der Waals surface area contributed by atoms with Crippen molar-refractivity contribution >= 4 is 20.7 Å². The summed E-state index contributed by atoms with van der Waals surface area (Å²) in [5.41, 5.74) is 7.52. The molecule has 1 aliphatic rings. The lowest BCUT2D eigenvalue weighted by atomic mass is 9.80. The van der Waals surface area contributed by atoms with Gasteiger partial charge in [-0.15, -0.1) is 0 Å². The van der Waals surface area contributed by atoms with Crippen molar-refractivity contribution in [2.75, 3.05) is 18.1 Å². The first kappa shape index (κ1) is 11.7. The van der Waals surface area contributed by atoms with Gasteiger partial charge in [0.2, 0.25) is 0 Å². The molecule has 0 spiro atoms. The minimum absolute atomic E-state index is 0.221. The summed E-state index contributed by atoms with van der Waals surface area (Å²) in [6.07, 6.45) is 2.66. The molecule has 3 rings (SSSR count). The monoisotopic (exact) mass is 264 g/mol. The van der Waals surface area contributed by atoms with Gasteiger partial charge in [0, 0.05) is 22.5 Å². The van der Waals surface area contributed by atoms with Gasteiger partial charge in [-0.05, 0) is 24.6 Å². The van der Waals surface area contributed by atoms with Gasteiger partial charge in [0.1, 0.15) is 0 Å². The molecular weight excluding hydrogens is 248 g/mol. The van der Waals surface area contributed by atoms with Crippen LogP contribution >= 0.6 is 0 Å². The maximum absolute atomic E-state index is 11.6. The minimum atomic E-state index is -2.88. The molecule has 96 valence electrons. The van der Waals surface area contributed by atoms with Crippen molar-refractivity contribution < 1.29 is 8.42 Å². The van der Waals surface area contributed by atoms with Crippen LogP contribution in [0.4, 0.5) is 0 Å². The number of aromatic amines is 1. The average molecular weight is 264 g/mol. The first-order chi connectivity index (χ1) is 8.56. The Bertz CT molecular complexity index is 676. The van der Waals surface area contributed by atoms with E-state index in [4.69, 9.17) is 5.73 Å². The number of hydrogen-bond acceptors (Lipinski definition) is 3. The molecule has 2 heterocycles. The molecule has 4 nitrogen and oxygen atoms in total. The van der Waals surface area contributed by atoms with Crippen LogP contribution in [0.15, 0.2) is 30.5 Å². The molecule has 1 fully saturated rings. The normalized spacial score (nSPS) is 20.7. The number of sulfone groups is 1. The summed E-state index contributed by atoms with van der Waals surface area (Å²) < 4.78 is 23.1. The van der Waals surface area contributed by atoms with E-state index in [0.717, 1.165) is 16.5 Å². The number of fused-ring (bicyclic) bond motifs is 1. The predicted molar refractivity (Wildman–Crippen MR) is 72.3 cm³/mol.